The lowest BCUT2D eigenvalue weighted by molar-refractivity contribution is 0.160. The Bertz CT molecular complexity index is 329. The van der Waals surface area contributed by atoms with E-state index in [1.165, 1.54) is 0 Å². The van der Waals surface area contributed by atoms with E-state index < -0.39 is 0 Å². The zero-order valence-electron chi connectivity index (χ0n) is 7.70. The van der Waals surface area contributed by atoms with Crippen molar-refractivity contribution in [1.29, 1.82) is 0 Å². The van der Waals surface area contributed by atoms with Gasteiger partial charge in [0.15, 0.2) is 0 Å². The number of hydrogen-bond donors (Lipinski definition) is 0. The van der Waals surface area contributed by atoms with Gasteiger partial charge in [-0.2, -0.15) is 0 Å². The minimum Gasteiger partial charge on any atom is -0.396 e. The highest BCUT2D eigenvalue weighted by Crippen LogP contribution is 2.18. The summed E-state index contributed by atoms with van der Waals surface area (Å²) >= 11 is 11.6. The molecule has 0 aliphatic rings. The van der Waals surface area contributed by atoms with Crippen LogP contribution < -0.4 is 0 Å². The van der Waals surface area contributed by atoms with Crippen LogP contribution >= 0.6 is 23.2 Å². The van der Waals surface area contributed by atoms with Crippen molar-refractivity contribution in [3.8, 4) is 0 Å². The summed E-state index contributed by atoms with van der Waals surface area (Å²) in [5.41, 5.74) is 0.736. The molecular formula is C9H10Cl2N2O. The molecule has 0 amide bonds. The highest BCUT2D eigenvalue weighted by atomic mass is 35.5. The van der Waals surface area contributed by atoms with Gasteiger partial charge < -0.3 is 4.84 Å². The van der Waals surface area contributed by atoms with Gasteiger partial charge in [0.05, 0.1) is 15.7 Å². The maximum atomic E-state index is 5.89. The second-order valence-corrected chi connectivity index (χ2v) is 3.34. The first-order chi connectivity index (χ1) is 6.74. The molecule has 0 N–H and O–H groups in total. The Morgan fingerprint density at radius 1 is 1.57 bits per heavy atom. The second kappa shape index (κ2) is 5.83. The van der Waals surface area contributed by atoms with Crippen LogP contribution in [0.1, 0.15) is 12.6 Å². The van der Waals surface area contributed by atoms with Crippen LogP contribution in [-0.2, 0) is 11.3 Å². The first kappa shape index (κ1) is 11.3. The summed E-state index contributed by atoms with van der Waals surface area (Å²) in [6.07, 6.45) is 3.71. The van der Waals surface area contributed by atoms with Gasteiger partial charge in [0, 0.05) is 18.8 Å². The third-order valence-electron chi connectivity index (χ3n) is 1.45. The molecule has 1 aromatic heterocycles. The van der Waals surface area contributed by atoms with Crippen LogP contribution in [0.5, 0.6) is 0 Å². The second-order valence-electron chi connectivity index (χ2n) is 2.49. The molecule has 0 spiro atoms. The molecule has 0 unspecified atom stereocenters. The lowest BCUT2D eigenvalue weighted by Gasteiger charge is -1.99. The molecule has 3 nitrogen and oxygen atoms in total. The van der Waals surface area contributed by atoms with Crippen LogP contribution in [0.4, 0.5) is 0 Å². The van der Waals surface area contributed by atoms with Crippen molar-refractivity contribution in [1.82, 2.24) is 4.98 Å². The summed E-state index contributed by atoms with van der Waals surface area (Å²) in [5.74, 6) is 0. The van der Waals surface area contributed by atoms with Crippen molar-refractivity contribution >= 4 is 29.4 Å². The molecule has 76 valence electrons. The van der Waals surface area contributed by atoms with Gasteiger partial charge in [0.2, 0.25) is 0 Å². The molecule has 0 saturated carbocycles. The molecule has 5 heteroatoms. The molecule has 1 rings (SSSR count). The van der Waals surface area contributed by atoms with Crippen LogP contribution in [0.15, 0.2) is 17.4 Å². The molecule has 0 aromatic carbocycles. The Balaban J connectivity index is 2.59. The van der Waals surface area contributed by atoms with Crippen molar-refractivity contribution in [2.24, 2.45) is 5.16 Å². The summed E-state index contributed by atoms with van der Waals surface area (Å²) < 4.78 is 0. The quantitative estimate of drug-likeness (QED) is 0.591. The standard InChI is InChI=1S/C9H10Cl2N2O/c1-2-14-13-4-3-9-8(11)5-7(10)6-12-9/h4-6H,2-3H2,1H3/b13-4+. The SMILES string of the molecule is CCO/N=C/Cc1ncc(Cl)cc1Cl. The molecule has 0 atom stereocenters. The smallest absolute Gasteiger partial charge is 0.114 e. The Morgan fingerprint density at radius 3 is 3.00 bits per heavy atom. The molecule has 0 bridgehead atoms. The topological polar surface area (TPSA) is 34.5 Å². The molecule has 1 heterocycles. The Kier molecular flexibility index (Phi) is 4.70. The van der Waals surface area contributed by atoms with Crippen LogP contribution in [0.3, 0.4) is 0 Å². The molecule has 0 aliphatic heterocycles. The maximum absolute atomic E-state index is 5.89. The van der Waals surface area contributed by atoms with Gasteiger partial charge in [-0.15, -0.1) is 0 Å². The highest BCUT2D eigenvalue weighted by molar-refractivity contribution is 6.34. The Labute approximate surface area is 92.7 Å². The summed E-state index contributed by atoms with van der Waals surface area (Å²) in [6, 6.07) is 1.65. The van der Waals surface area contributed by atoms with Crippen LogP contribution in [-0.4, -0.2) is 17.8 Å². The summed E-state index contributed by atoms with van der Waals surface area (Å²) in [5, 5.41) is 4.76. The number of halogens is 2. The molecule has 0 fully saturated rings. The number of hydrogen-bond acceptors (Lipinski definition) is 3. The van der Waals surface area contributed by atoms with E-state index in [4.69, 9.17) is 28.0 Å². The van der Waals surface area contributed by atoms with Gasteiger partial charge in [-0.1, -0.05) is 28.4 Å². The van der Waals surface area contributed by atoms with Crippen LogP contribution in [0.25, 0.3) is 0 Å². The van der Waals surface area contributed by atoms with E-state index in [9.17, 15) is 0 Å². The van der Waals surface area contributed by atoms with Gasteiger partial charge >= 0.3 is 0 Å². The van der Waals surface area contributed by atoms with E-state index in [1.54, 1.807) is 18.5 Å². The zero-order chi connectivity index (χ0) is 10.4. The van der Waals surface area contributed by atoms with Crippen LogP contribution in [0, 0.1) is 0 Å². The van der Waals surface area contributed by atoms with E-state index >= 15 is 0 Å². The number of nitrogens with zero attached hydrogens (tertiary/aromatic N) is 2. The van der Waals surface area contributed by atoms with E-state index in [0.717, 1.165) is 5.69 Å². The van der Waals surface area contributed by atoms with Gasteiger partial charge in [-0.25, -0.2) is 0 Å². The molecule has 1 aromatic rings. The number of oxime groups is 1. The van der Waals surface area contributed by atoms with E-state index in [2.05, 4.69) is 10.1 Å². The third-order valence-corrected chi connectivity index (χ3v) is 1.98. The normalized spacial score (nSPS) is 10.8. The van der Waals surface area contributed by atoms with Crippen molar-refractivity contribution in [2.75, 3.05) is 6.61 Å². The first-order valence-electron chi connectivity index (χ1n) is 4.17. The predicted octanol–water partition coefficient (Wildman–Crippen LogP) is 2.95. The zero-order valence-corrected chi connectivity index (χ0v) is 9.22. The van der Waals surface area contributed by atoms with Gasteiger partial charge in [-0.05, 0) is 13.0 Å². The predicted molar refractivity (Wildman–Crippen MR) is 58.1 cm³/mol. The average molecular weight is 233 g/mol. The van der Waals surface area contributed by atoms with E-state index in [1.807, 2.05) is 6.92 Å². The fourth-order valence-electron chi connectivity index (χ4n) is 0.844. The summed E-state index contributed by atoms with van der Waals surface area (Å²) in [6.45, 7) is 2.42. The monoisotopic (exact) mass is 232 g/mol. The van der Waals surface area contributed by atoms with Crippen molar-refractivity contribution < 1.29 is 4.84 Å². The number of pyridine rings is 1. The van der Waals surface area contributed by atoms with Gasteiger partial charge in [0.1, 0.15) is 6.61 Å². The summed E-state index contributed by atoms with van der Waals surface area (Å²) in [4.78, 5) is 8.86. The average Bonchev–Trinajstić information content (AvgIpc) is 2.15. The van der Waals surface area contributed by atoms with Crippen LogP contribution in [0.2, 0.25) is 10.0 Å². The lowest BCUT2D eigenvalue weighted by atomic mass is 10.3. The molecule has 0 radical (unpaired) electrons. The molecule has 0 aliphatic carbocycles. The van der Waals surface area contributed by atoms with Gasteiger partial charge in [-0.3, -0.25) is 4.98 Å². The van der Waals surface area contributed by atoms with E-state index in [0.29, 0.717) is 23.1 Å². The largest absolute Gasteiger partial charge is 0.396 e. The van der Waals surface area contributed by atoms with E-state index in [-0.39, 0.29) is 0 Å². The van der Waals surface area contributed by atoms with Crippen molar-refractivity contribution in [3.05, 3.63) is 28.0 Å². The lowest BCUT2D eigenvalue weighted by Crippen LogP contribution is -1.93. The Morgan fingerprint density at radius 2 is 2.36 bits per heavy atom. The minimum atomic E-state index is 0.528. The number of rotatable bonds is 4. The van der Waals surface area contributed by atoms with Gasteiger partial charge in [0.25, 0.3) is 0 Å². The third kappa shape index (κ3) is 3.52. The summed E-state index contributed by atoms with van der Waals surface area (Å²) in [7, 11) is 0. The fourth-order valence-corrected chi connectivity index (χ4v) is 1.30. The molecular weight excluding hydrogens is 223 g/mol. The molecule has 14 heavy (non-hydrogen) atoms. The fraction of sp³-hybridized carbons (Fsp3) is 0.333. The molecule has 0 saturated heterocycles. The van der Waals surface area contributed by atoms with Crippen molar-refractivity contribution in [2.45, 2.75) is 13.3 Å². The maximum Gasteiger partial charge on any atom is 0.114 e. The highest BCUT2D eigenvalue weighted by Gasteiger charge is 2.00. The Hall–Kier alpha value is -0.800. The number of aromatic nitrogens is 1. The van der Waals surface area contributed by atoms with Crippen molar-refractivity contribution in [3.63, 3.8) is 0 Å². The first-order valence-corrected chi connectivity index (χ1v) is 4.93. The minimum absolute atomic E-state index is 0.528.